The molecule has 0 fully saturated rings. The average molecular weight is 174 g/mol. The molecule has 0 bridgehead atoms. The van der Waals surface area contributed by atoms with Gasteiger partial charge in [0.2, 0.25) is 0 Å². The number of hydrogen-bond donors (Lipinski definition) is 4. The predicted octanol–water partition coefficient (Wildman–Crippen LogP) is -1.70. The molecule has 0 aromatic carbocycles. The maximum atomic E-state index is 9.24. The SMILES string of the molecule is NOC(N)=O.O=S(=O)(O)O. The molecular weight excluding hydrogens is 168 g/mol. The lowest BCUT2D eigenvalue weighted by atomic mass is 11.3. The quantitative estimate of drug-likeness (QED) is 0.252. The Morgan fingerprint density at radius 2 is 1.50 bits per heavy atom. The van der Waals surface area contributed by atoms with Crippen molar-refractivity contribution in [2.24, 2.45) is 11.6 Å². The van der Waals surface area contributed by atoms with Gasteiger partial charge in [-0.3, -0.25) is 9.11 Å². The number of nitrogens with two attached hydrogens (primary N) is 2. The second-order valence-electron chi connectivity index (χ2n) is 0.885. The van der Waals surface area contributed by atoms with Crippen molar-refractivity contribution >= 4 is 16.5 Å². The summed E-state index contributed by atoms with van der Waals surface area (Å²) in [6, 6.07) is 0. The molecule has 9 heteroatoms. The van der Waals surface area contributed by atoms with E-state index in [2.05, 4.69) is 16.5 Å². The van der Waals surface area contributed by atoms with Crippen LogP contribution in [0.4, 0.5) is 4.79 Å². The van der Waals surface area contributed by atoms with Crippen LogP contribution in [-0.4, -0.2) is 23.6 Å². The summed E-state index contributed by atoms with van der Waals surface area (Å²) in [5, 5.41) is 0. The summed E-state index contributed by atoms with van der Waals surface area (Å²) in [5.41, 5.74) is 4.31. The minimum Gasteiger partial charge on any atom is -0.357 e. The van der Waals surface area contributed by atoms with Crippen LogP contribution in [0.3, 0.4) is 0 Å². The second-order valence-corrected chi connectivity index (χ2v) is 1.78. The number of hydrogen-bond acceptors (Lipinski definition) is 5. The molecule has 0 saturated carbocycles. The van der Waals surface area contributed by atoms with E-state index in [0.29, 0.717) is 0 Å². The lowest BCUT2D eigenvalue weighted by Crippen LogP contribution is -2.16. The first kappa shape index (κ1) is 11.8. The first-order valence-corrected chi connectivity index (χ1v) is 3.03. The van der Waals surface area contributed by atoms with Crippen LogP contribution in [-0.2, 0) is 15.2 Å². The molecule has 0 rings (SSSR count). The summed E-state index contributed by atoms with van der Waals surface area (Å²) >= 11 is 0. The van der Waals surface area contributed by atoms with Crippen LogP contribution in [0.5, 0.6) is 0 Å². The molecule has 0 spiro atoms. The van der Waals surface area contributed by atoms with Crippen molar-refractivity contribution in [3.05, 3.63) is 0 Å². The zero-order chi connectivity index (χ0) is 8.78. The molecule has 0 heterocycles. The second kappa shape index (κ2) is 4.93. The highest BCUT2D eigenvalue weighted by Gasteiger charge is 1.84. The summed E-state index contributed by atoms with van der Waals surface area (Å²) in [5.74, 6) is 4.20. The van der Waals surface area contributed by atoms with Crippen LogP contribution in [0.2, 0.25) is 0 Å². The van der Waals surface area contributed by atoms with Gasteiger partial charge in [-0.05, 0) is 0 Å². The zero-order valence-electron chi connectivity index (χ0n) is 4.59. The van der Waals surface area contributed by atoms with E-state index in [9.17, 15) is 4.79 Å². The normalized spacial score (nSPS) is 9.10. The van der Waals surface area contributed by atoms with Gasteiger partial charge in [0.05, 0.1) is 0 Å². The summed E-state index contributed by atoms with van der Waals surface area (Å²) in [6.07, 6.45) is -0.968. The molecule has 0 saturated heterocycles. The lowest BCUT2D eigenvalue weighted by molar-refractivity contribution is 0.159. The topological polar surface area (TPSA) is 153 Å². The summed E-state index contributed by atoms with van der Waals surface area (Å²) in [4.78, 5) is 12.6. The number of primary amides is 1. The number of amides is 1. The van der Waals surface area contributed by atoms with E-state index in [4.69, 9.17) is 17.5 Å². The predicted molar refractivity (Wildman–Crippen MR) is 29.0 cm³/mol. The van der Waals surface area contributed by atoms with Crippen molar-refractivity contribution < 1.29 is 27.2 Å². The Hall–Kier alpha value is -0.900. The minimum absolute atomic E-state index is 0.968. The molecule has 0 unspecified atom stereocenters. The van der Waals surface area contributed by atoms with Crippen molar-refractivity contribution in [2.75, 3.05) is 0 Å². The van der Waals surface area contributed by atoms with Gasteiger partial charge in [-0.25, -0.2) is 4.79 Å². The van der Waals surface area contributed by atoms with E-state index in [0.717, 1.165) is 0 Å². The van der Waals surface area contributed by atoms with Crippen LogP contribution in [0.1, 0.15) is 0 Å². The maximum absolute atomic E-state index is 9.24. The fraction of sp³-hybridized carbons (Fsp3) is 0. The Morgan fingerprint density at radius 3 is 1.50 bits per heavy atom. The minimum atomic E-state index is -4.67. The third-order valence-corrected chi connectivity index (χ3v) is 0.116. The van der Waals surface area contributed by atoms with Crippen molar-refractivity contribution in [3.8, 4) is 0 Å². The van der Waals surface area contributed by atoms with E-state index in [-0.39, 0.29) is 0 Å². The molecule has 1 amide bonds. The highest BCUT2D eigenvalue weighted by molar-refractivity contribution is 7.79. The molecule has 0 aromatic rings. The van der Waals surface area contributed by atoms with Crippen molar-refractivity contribution in [1.82, 2.24) is 0 Å². The van der Waals surface area contributed by atoms with Gasteiger partial charge in [-0.1, -0.05) is 0 Å². The number of rotatable bonds is 0. The third kappa shape index (κ3) is 218. The van der Waals surface area contributed by atoms with Crippen molar-refractivity contribution in [2.45, 2.75) is 0 Å². The molecule has 62 valence electrons. The third-order valence-electron chi connectivity index (χ3n) is 0.116. The van der Waals surface area contributed by atoms with Gasteiger partial charge in [0.15, 0.2) is 0 Å². The van der Waals surface area contributed by atoms with Crippen LogP contribution in [0.25, 0.3) is 0 Å². The van der Waals surface area contributed by atoms with Crippen molar-refractivity contribution in [1.29, 1.82) is 0 Å². The zero-order valence-corrected chi connectivity index (χ0v) is 5.41. The summed E-state index contributed by atoms with van der Waals surface area (Å²) < 4.78 is 31.6. The number of carbonyl (C=O) groups excluding carboxylic acids is 1. The molecule has 10 heavy (non-hydrogen) atoms. The Kier molecular flexibility index (Phi) is 5.84. The fourth-order valence-corrected chi connectivity index (χ4v) is 0. The van der Waals surface area contributed by atoms with Crippen LogP contribution in [0.15, 0.2) is 0 Å². The Morgan fingerprint density at radius 1 is 1.40 bits per heavy atom. The molecular formula is CH6N2O6S. The van der Waals surface area contributed by atoms with Crippen LogP contribution >= 0.6 is 0 Å². The number of carbonyl (C=O) groups is 1. The Labute approximate surface area is 56.3 Å². The van der Waals surface area contributed by atoms with Gasteiger partial charge >= 0.3 is 16.5 Å². The molecule has 8 nitrogen and oxygen atoms in total. The molecule has 0 aliphatic carbocycles. The van der Waals surface area contributed by atoms with Gasteiger partial charge < -0.3 is 10.6 Å². The van der Waals surface area contributed by atoms with Gasteiger partial charge in [0, 0.05) is 0 Å². The molecule has 0 aromatic heterocycles. The lowest BCUT2D eigenvalue weighted by Gasteiger charge is -1.79. The Balaban J connectivity index is 0. The standard InChI is InChI=1S/CH4N2O2.H2O4S/c2-1(4)5-3;1-5(2,3)4/h3H2,(H2,2,4);(H2,1,2,3,4). The molecule has 0 radical (unpaired) electrons. The van der Waals surface area contributed by atoms with Gasteiger partial charge in [-0.2, -0.15) is 14.3 Å². The van der Waals surface area contributed by atoms with Gasteiger partial charge in [-0.15, -0.1) is 0 Å². The molecule has 0 aliphatic rings. The highest BCUT2D eigenvalue weighted by Crippen LogP contribution is 1.59. The summed E-state index contributed by atoms with van der Waals surface area (Å²) in [6.45, 7) is 0. The Bertz CT molecular complexity index is 174. The van der Waals surface area contributed by atoms with E-state index in [1.807, 2.05) is 0 Å². The van der Waals surface area contributed by atoms with Crippen molar-refractivity contribution in [3.63, 3.8) is 0 Å². The molecule has 0 atom stereocenters. The van der Waals surface area contributed by atoms with E-state index < -0.39 is 16.5 Å². The van der Waals surface area contributed by atoms with E-state index >= 15 is 0 Å². The largest absolute Gasteiger partial charge is 0.423 e. The van der Waals surface area contributed by atoms with E-state index in [1.54, 1.807) is 0 Å². The first-order valence-electron chi connectivity index (χ1n) is 1.63. The van der Waals surface area contributed by atoms with Gasteiger partial charge in [0.1, 0.15) is 0 Å². The summed E-state index contributed by atoms with van der Waals surface area (Å²) in [7, 11) is -4.67. The fourth-order valence-electron chi connectivity index (χ4n) is 0. The van der Waals surface area contributed by atoms with Crippen LogP contribution in [0, 0.1) is 0 Å². The highest BCUT2D eigenvalue weighted by atomic mass is 32.3. The molecule has 0 aliphatic heterocycles. The smallest absolute Gasteiger partial charge is 0.357 e. The maximum Gasteiger partial charge on any atom is 0.423 e. The van der Waals surface area contributed by atoms with E-state index in [1.165, 1.54) is 0 Å². The monoisotopic (exact) mass is 174 g/mol. The average Bonchev–Trinajstić information content (AvgIpc) is 1.61. The van der Waals surface area contributed by atoms with Gasteiger partial charge in [0.25, 0.3) is 0 Å². The molecule has 6 N–H and O–H groups in total. The van der Waals surface area contributed by atoms with Crippen LogP contribution < -0.4 is 11.6 Å². The first-order chi connectivity index (χ1) is 4.27.